The molecule has 0 aromatic heterocycles. The maximum atomic E-state index is 4.79. The summed E-state index contributed by atoms with van der Waals surface area (Å²) in [6, 6.07) is 0. The summed E-state index contributed by atoms with van der Waals surface area (Å²) in [5.41, 5.74) is 0. The second-order valence-electron chi connectivity index (χ2n) is 3.67. The number of hydrogen-bond donors (Lipinski definition) is 0. The molecule has 0 aliphatic carbocycles. The fraction of sp³-hybridized carbons (Fsp3) is 1.00. The maximum absolute atomic E-state index is 4.79. The summed E-state index contributed by atoms with van der Waals surface area (Å²) in [5, 5.41) is 0. The van der Waals surface area contributed by atoms with Crippen LogP contribution in [-0.2, 0) is 0 Å². The van der Waals surface area contributed by atoms with Crippen molar-refractivity contribution in [3.63, 3.8) is 0 Å². The number of halogens is 2. The van der Waals surface area contributed by atoms with Crippen molar-refractivity contribution in [1.29, 1.82) is 0 Å². The van der Waals surface area contributed by atoms with Crippen molar-refractivity contribution >= 4 is 29.8 Å². The molecule has 82 valence electrons. The normalized spacial score (nSPS) is 9.69. The molecule has 0 heterocycles. The fourth-order valence-corrected chi connectivity index (χ4v) is 1.16. The van der Waals surface area contributed by atoms with Gasteiger partial charge in [0, 0.05) is 0 Å². The van der Waals surface area contributed by atoms with Crippen LogP contribution >= 0.6 is 29.8 Å². The van der Waals surface area contributed by atoms with E-state index in [1.807, 2.05) is 0 Å². The average Bonchev–Trinajstić information content (AvgIpc) is 2.05. The minimum atomic E-state index is 0.0278. The highest BCUT2D eigenvalue weighted by atomic mass is 35.9. The highest BCUT2D eigenvalue weighted by molar-refractivity contribution is 7.90. The van der Waals surface area contributed by atoms with Crippen LogP contribution < -0.4 is 0 Å². The van der Waals surface area contributed by atoms with Crippen LogP contribution in [0.3, 0.4) is 0 Å². The van der Waals surface area contributed by atoms with E-state index >= 15 is 0 Å². The Morgan fingerprint density at radius 3 is 1.85 bits per heavy atom. The third-order valence-corrected chi connectivity index (χ3v) is 1.89. The van der Waals surface area contributed by atoms with Crippen LogP contribution in [0.25, 0.3) is 0 Å². The smallest absolute Gasteiger partial charge is 0.0713 e. The first kappa shape index (κ1) is 16.4. The van der Waals surface area contributed by atoms with Gasteiger partial charge in [-0.3, -0.25) is 0 Å². The van der Waals surface area contributed by atoms with Crippen LogP contribution in [0.4, 0.5) is 0 Å². The molecule has 0 unspecified atom stereocenters. The zero-order valence-electron chi connectivity index (χ0n) is 9.08. The largest absolute Gasteiger partial charge is 0.0818 e. The SMILES string of the molecule is CCCCCCCC(C)C.ClPCl. The lowest BCUT2D eigenvalue weighted by atomic mass is 10.0. The molecule has 0 nitrogen and oxygen atoms in total. The van der Waals surface area contributed by atoms with Gasteiger partial charge in [0.1, 0.15) is 0 Å². The molecule has 0 aromatic rings. The van der Waals surface area contributed by atoms with Crippen LogP contribution in [0.1, 0.15) is 59.3 Å². The van der Waals surface area contributed by atoms with Crippen LogP contribution in [0, 0.1) is 5.92 Å². The Morgan fingerprint density at radius 1 is 1.00 bits per heavy atom. The Kier molecular flexibility index (Phi) is 19.6. The lowest BCUT2D eigenvalue weighted by molar-refractivity contribution is 0.518. The molecule has 0 spiro atoms. The first-order valence-electron chi connectivity index (χ1n) is 5.15. The van der Waals surface area contributed by atoms with Crippen molar-refractivity contribution in [3.05, 3.63) is 0 Å². The predicted molar refractivity (Wildman–Crippen MR) is 68.2 cm³/mol. The second-order valence-corrected chi connectivity index (χ2v) is 5.53. The van der Waals surface area contributed by atoms with E-state index in [0.29, 0.717) is 0 Å². The Labute approximate surface area is 95.1 Å². The summed E-state index contributed by atoms with van der Waals surface area (Å²) in [7, 11) is 0.0278. The summed E-state index contributed by atoms with van der Waals surface area (Å²) >= 11 is 9.58. The first-order chi connectivity index (χ1) is 6.18. The molecule has 0 fully saturated rings. The Balaban J connectivity index is 0. The van der Waals surface area contributed by atoms with E-state index < -0.39 is 0 Å². The minimum absolute atomic E-state index is 0.0278. The molecule has 0 atom stereocenters. The average molecular weight is 245 g/mol. The highest BCUT2D eigenvalue weighted by Crippen LogP contribution is 2.19. The monoisotopic (exact) mass is 244 g/mol. The molecule has 0 saturated carbocycles. The molecule has 13 heavy (non-hydrogen) atoms. The summed E-state index contributed by atoms with van der Waals surface area (Å²) in [6.45, 7) is 6.88. The molecule has 0 N–H and O–H groups in total. The van der Waals surface area contributed by atoms with Gasteiger partial charge in [0.2, 0.25) is 0 Å². The van der Waals surface area contributed by atoms with E-state index in [1.165, 1.54) is 38.5 Å². The van der Waals surface area contributed by atoms with Gasteiger partial charge in [-0.25, -0.2) is 0 Å². The van der Waals surface area contributed by atoms with Gasteiger partial charge < -0.3 is 0 Å². The van der Waals surface area contributed by atoms with E-state index in [-0.39, 0.29) is 7.29 Å². The molecule has 0 bridgehead atoms. The highest BCUT2D eigenvalue weighted by Gasteiger charge is 1.92. The zero-order chi connectivity index (χ0) is 10.5. The Bertz CT molecular complexity index is 77.3. The zero-order valence-corrected chi connectivity index (χ0v) is 11.6. The van der Waals surface area contributed by atoms with Crippen LogP contribution in [0.15, 0.2) is 0 Å². The van der Waals surface area contributed by atoms with Crippen molar-refractivity contribution in [3.8, 4) is 0 Å². The van der Waals surface area contributed by atoms with Gasteiger partial charge in [-0.1, -0.05) is 81.8 Å². The van der Waals surface area contributed by atoms with E-state index in [1.54, 1.807) is 0 Å². The van der Waals surface area contributed by atoms with Gasteiger partial charge in [-0.15, -0.1) is 0 Å². The molecule has 0 saturated heterocycles. The lowest BCUT2D eigenvalue weighted by Gasteiger charge is -2.02. The molecule has 0 amide bonds. The molecule has 0 rings (SSSR count). The first-order valence-corrected chi connectivity index (χ1v) is 8.17. The topological polar surface area (TPSA) is 0 Å². The van der Waals surface area contributed by atoms with E-state index in [9.17, 15) is 0 Å². The second kappa shape index (κ2) is 15.5. The molecular weight excluding hydrogens is 222 g/mol. The Morgan fingerprint density at radius 2 is 1.46 bits per heavy atom. The third-order valence-electron chi connectivity index (χ3n) is 1.89. The van der Waals surface area contributed by atoms with Crippen molar-refractivity contribution in [2.45, 2.75) is 59.3 Å². The van der Waals surface area contributed by atoms with Gasteiger partial charge in [-0.2, -0.15) is 0 Å². The molecule has 3 heteroatoms. The summed E-state index contributed by atoms with van der Waals surface area (Å²) in [6.07, 6.45) is 8.55. The summed E-state index contributed by atoms with van der Waals surface area (Å²) < 4.78 is 0. The van der Waals surface area contributed by atoms with Gasteiger partial charge >= 0.3 is 0 Å². The summed E-state index contributed by atoms with van der Waals surface area (Å²) in [5.74, 6) is 0.904. The van der Waals surface area contributed by atoms with E-state index in [2.05, 4.69) is 20.8 Å². The number of hydrogen-bond acceptors (Lipinski definition) is 0. The fourth-order valence-electron chi connectivity index (χ4n) is 1.16. The summed E-state index contributed by atoms with van der Waals surface area (Å²) in [4.78, 5) is 0. The van der Waals surface area contributed by atoms with Gasteiger partial charge in [-0.05, 0) is 5.92 Å². The number of rotatable bonds is 6. The molecular formula is C10H23Cl2P. The van der Waals surface area contributed by atoms with Gasteiger partial charge in [0.25, 0.3) is 0 Å². The van der Waals surface area contributed by atoms with Gasteiger partial charge in [0.15, 0.2) is 0 Å². The molecule has 0 radical (unpaired) electrons. The van der Waals surface area contributed by atoms with Crippen molar-refractivity contribution in [2.24, 2.45) is 5.92 Å². The number of unbranched alkanes of at least 4 members (excludes halogenated alkanes) is 4. The van der Waals surface area contributed by atoms with Crippen molar-refractivity contribution in [1.82, 2.24) is 0 Å². The molecule has 0 aromatic carbocycles. The van der Waals surface area contributed by atoms with Crippen LogP contribution in [0.5, 0.6) is 0 Å². The predicted octanol–water partition coefficient (Wildman–Crippen LogP) is 5.98. The third kappa shape index (κ3) is 24.6. The maximum Gasteiger partial charge on any atom is 0.0713 e. The Hall–Kier alpha value is 1.01. The molecule has 0 aliphatic heterocycles. The quantitative estimate of drug-likeness (QED) is 0.399. The lowest BCUT2D eigenvalue weighted by Crippen LogP contribution is -1.86. The minimum Gasteiger partial charge on any atom is -0.0818 e. The standard InChI is InChI=1S/C10H22.Cl2HP/c1-4-5-6-7-8-9-10(2)3;1-3-2/h10H,4-9H2,1-3H3;3H. The van der Waals surface area contributed by atoms with Crippen LogP contribution in [-0.4, -0.2) is 0 Å². The van der Waals surface area contributed by atoms with E-state index in [0.717, 1.165) is 5.92 Å². The van der Waals surface area contributed by atoms with Gasteiger partial charge in [0.05, 0.1) is 7.29 Å². The van der Waals surface area contributed by atoms with Crippen molar-refractivity contribution in [2.75, 3.05) is 0 Å². The molecule has 0 aliphatic rings. The van der Waals surface area contributed by atoms with E-state index in [4.69, 9.17) is 22.5 Å². The van der Waals surface area contributed by atoms with Crippen LogP contribution in [0.2, 0.25) is 0 Å². The van der Waals surface area contributed by atoms with Crippen molar-refractivity contribution < 1.29 is 0 Å².